The van der Waals surface area contributed by atoms with Gasteiger partial charge in [0.2, 0.25) is 0 Å². The first-order valence-electron chi connectivity index (χ1n) is 6.87. The highest BCUT2D eigenvalue weighted by Gasteiger charge is 2.17. The number of nitrogens with zero attached hydrogens (tertiary/aromatic N) is 4. The average Bonchev–Trinajstić information content (AvgIpc) is 2.91. The van der Waals surface area contributed by atoms with Gasteiger partial charge in [-0.3, -0.25) is 0 Å². The Morgan fingerprint density at radius 2 is 2.00 bits per heavy atom. The maximum Gasteiger partial charge on any atom is 0.166 e. The maximum atomic E-state index is 5.99. The number of thiocarbonyl (C=S) groups is 1. The highest BCUT2D eigenvalue weighted by molar-refractivity contribution is 7.80. The standard InChI is InChI=1S/C15H16N6S/c1-9(13(17)22)14-19-12(16)11-15(20-14)21(8-18-11)7-10-5-3-2-4-6-10/h2-6,8-9H,7H2,1H3,(H2,17,22)(H2,16,19,20). The number of anilines is 1. The first kappa shape index (κ1) is 14.4. The number of imidazole rings is 1. The van der Waals surface area contributed by atoms with Crippen molar-refractivity contribution in [2.75, 3.05) is 5.73 Å². The van der Waals surface area contributed by atoms with Crippen molar-refractivity contribution in [3.8, 4) is 0 Å². The minimum atomic E-state index is -0.234. The third-order valence-electron chi connectivity index (χ3n) is 3.52. The molecule has 0 spiro atoms. The number of hydrogen-bond acceptors (Lipinski definition) is 5. The molecule has 0 radical (unpaired) electrons. The van der Waals surface area contributed by atoms with E-state index in [1.807, 2.05) is 29.7 Å². The molecule has 2 heterocycles. The van der Waals surface area contributed by atoms with Crippen LogP contribution < -0.4 is 11.5 Å². The van der Waals surface area contributed by atoms with Gasteiger partial charge in [0, 0.05) is 0 Å². The summed E-state index contributed by atoms with van der Waals surface area (Å²) in [5.41, 5.74) is 14.1. The van der Waals surface area contributed by atoms with Gasteiger partial charge in [-0.1, -0.05) is 42.5 Å². The van der Waals surface area contributed by atoms with Crippen molar-refractivity contribution < 1.29 is 0 Å². The Morgan fingerprint density at radius 3 is 2.68 bits per heavy atom. The van der Waals surface area contributed by atoms with Gasteiger partial charge in [-0.15, -0.1) is 0 Å². The van der Waals surface area contributed by atoms with Crippen LogP contribution in [0.1, 0.15) is 24.2 Å². The van der Waals surface area contributed by atoms with E-state index in [1.165, 1.54) is 0 Å². The van der Waals surface area contributed by atoms with E-state index in [4.69, 9.17) is 23.7 Å². The fraction of sp³-hybridized carbons (Fsp3) is 0.200. The molecule has 0 fully saturated rings. The number of nitrogen functional groups attached to an aromatic ring is 1. The maximum absolute atomic E-state index is 5.99. The highest BCUT2D eigenvalue weighted by atomic mass is 32.1. The Hall–Kier alpha value is -2.54. The lowest BCUT2D eigenvalue weighted by Gasteiger charge is -2.10. The molecule has 0 bridgehead atoms. The molecule has 0 aliphatic rings. The normalized spacial score (nSPS) is 12.4. The molecule has 0 aliphatic heterocycles. The molecule has 4 N–H and O–H groups in total. The Morgan fingerprint density at radius 1 is 1.27 bits per heavy atom. The van der Waals surface area contributed by atoms with Crippen LogP contribution in [0.25, 0.3) is 11.2 Å². The summed E-state index contributed by atoms with van der Waals surface area (Å²) in [5.74, 6) is 0.629. The Kier molecular flexibility index (Phi) is 3.72. The zero-order chi connectivity index (χ0) is 15.7. The van der Waals surface area contributed by atoms with Gasteiger partial charge in [0.05, 0.1) is 23.8 Å². The van der Waals surface area contributed by atoms with Crippen molar-refractivity contribution in [1.82, 2.24) is 19.5 Å². The summed E-state index contributed by atoms with van der Waals surface area (Å²) >= 11 is 5.02. The molecule has 6 nitrogen and oxygen atoms in total. The zero-order valence-corrected chi connectivity index (χ0v) is 12.9. The van der Waals surface area contributed by atoms with Gasteiger partial charge in [-0.05, 0) is 12.5 Å². The van der Waals surface area contributed by atoms with Gasteiger partial charge in [0.1, 0.15) is 11.3 Å². The Balaban J connectivity index is 2.07. The fourth-order valence-corrected chi connectivity index (χ4v) is 2.31. The molecule has 2 aromatic heterocycles. The fourth-order valence-electron chi connectivity index (χ4n) is 2.20. The molecule has 0 aliphatic carbocycles. The largest absolute Gasteiger partial charge is 0.393 e. The molecule has 0 saturated heterocycles. The van der Waals surface area contributed by atoms with Crippen LogP contribution in [0.3, 0.4) is 0 Å². The van der Waals surface area contributed by atoms with E-state index in [0.717, 1.165) is 5.56 Å². The van der Waals surface area contributed by atoms with Crippen molar-refractivity contribution in [3.63, 3.8) is 0 Å². The summed E-state index contributed by atoms with van der Waals surface area (Å²) in [6.45, 7) is 2.52. The van der Waals surface area contributed by atoms with Gasteiger partial charge >= 0.3 is 0 Å². The quantitative estimate of drug-likeness (QED) is 0.714. The van der Waals surface area contributed by atoms with Crippen molar-refractivity contribution in [1.29, 1.82) is 0 Å². The van der Waals surface area contributed by atoms with E-state index >= 15 is 0 Å². The summed E-state index contributed by atoms with van der Waals surface area (Å²) in [6.07, 6.45) is 1.72. The number of rotatable bonds is 4. The second-order valence-corrected chi connectivity index (χ2v) is 5.59. The minimum absolute atomic E-state index is 0.234. The zero-order valence-electron chi connectivity index (χ0n) is 12.1. The molecule has 0 saturated carbocycles. The summed E-state index contributed by atoms with van der Waals surface area (Å²) < 4.78 is 1.94. The molecule has 3 rings (SSSR count). The van der Waals surface area contributed by atoms with Crippen molar-refractivity contribution in [2.24, 2.45) is 5.73 Å². The topological polar surface area (TPSA) is 95.6 Å². The van der Waals surface area contributed by atoms with E-state index < -0.39 is 0 Å². The van der Waals surface area contributed by atoms with Gasteiger partial charge < -0.3 is 16.0 Å². The lowest BCUT2D eigenvalue weighted by molar-refractivity contribution is 0.802. The minimum Gasteiger partial charge on any atom is -0.393 e. The summed E-state index contributed by atoms with van der Waals surface area (Å²) in [7, 11) is 0. The lowest BCUT2D eigenvalue weighted by Crippen LogP contribution is -2.19. The summed E-state index contributed by atoms with van der Waals surface area (Å²) in [6, 6.07) is 10.1. The average molecular weight is 312 g/mol. The molecule has 0 amide bonds. The molecular formula is C15H16N6S. The van der Waals surface area contributed by atoms with Gasteiger partial charge in [0.25, 0.3) is 0 Å². The van der Waals surface area contributed by atoms with E-state index in [2.05, 4.69) is 27.1 Å². The van der Waals surface area contributed by atoms with Crippen LogP contribution in [-0.2, 0) is 6.54 Å². The van der Waals surface area contributed by atoms with Crippen LogP contribution in [0, 0.1) is 0 Å². The molecule has 22 heavy (non-hydrogen) atoms. The highest BCUT2D eigenvalue weighted by Crippen LogP contribution is 2.21. The smallest absolute Gasteiger partial charge is 0.166 e. The second-order valence-electron chi connectivity index (χ2n) is 5.12. The monoisotopic (exact) mass is 312 g/mol. The summed E-state index contributed by atoms with van der Waals surface area (Å²) in [5, 5.41) is 0. The molecular weight excluding hydrogens is 296 g/mol. The lowest BCUT2D eigenvalue weighted by atomic mass is 10.1. The predicted molar refractivity (Wildman–Crippen MR) is 90.5 cm³/mol. The van der Waals surface area contributed by atoms with E-state index in [9.17, 15) is 0 Å². The molecule has 3 aromatic rings. The Labute approximate surface area is 133 Å². The van der Waals surface area contributed by atoms with Crippen LogP contribution >= 0.6 is 12.2 Å². The third kappa shape index (κ3) is 2.62. The second kappa shape index (κ2) is 5.69. The molecule has 1 atom stereocenters. The number of benzene rings is 1. The number of nitrogens with two attached hydrogens (primary N) is 2. The van der Waals surface area contributed by atoms with Crippen LogP contribution in [0.15, 0.2) is 36.7 Å². The molecule has 112 valence electrons. The van der Waals surface area contributed by atoms with Crippen LogP contribution in [0.5, 0.6) is 0 Å². The number of hydrogen-bond donors (Lipinski definition) is 2. The van der Waals surface area contributed by atoms with Crippen LogP contribution in [0.2, 0.25) is 0 Å². The van der Waals surface area contributed by atoms with E-state index in [0.29, 0.717) is 34.3 Å². The SMILES string of the molecule is CC(C(N)=S)c1nc(N)c2ncn(Cc3ccccc3)c2n1. The first-order valence-corrected chi connectivity index (χ1v) is 7.28. The molecule has 7 heteroatoms. The summed E-state index contributed by atoms with van der Waals surface area (Å²) in [4.78, 5) is 13.5. The number of fused-ring (bicyclic) bond motifs is 1. The van der Waals surface area contributed by atoms with Gasteiger partial charge in [0.15, 0.2) is 11.5 Å². The van der Waals surface area contributed by atoms with Crippen molar-refractivity contribution in [3.05, 3.63) is 48.0 Å². The van der Waals surface area contributed by atoms with E-state index in [1.54, 1.807) is 6.33 Å². The van der Waals surface area contributed by atoms with Crippen LogP contribution in [0.4, 0.5) is 5.82 Å². The molecule has 1 unspecified atom stereocenters. The van der Waals surface area contributed by atoms with Crippen molar-refractivity contribution >= 4 is 34.2 Å². The third-order valence-corrected chi connectivity index (χ3v) is 3.87. The van der Waals surface area contributed by atoms with Crippen LogP contribution in [-0.4, -0.2) is 24.5 Å². The predicted octanol–water partition coefficient (Wildman–Crippen LogP) is 1.85. The van der Waals surface area contributed by atoms with Gasteiger partial charge in [-0.2, -0.15) is 0 Å². The van der Waals surface area contributed by atoms with E-state index in [-0.39, 0.29) is 5.92 Å². The molecule has 1 aromatic carbocycles. The first-order chi connectivity index (χ1) is 10.6. The Bertz CT molecular complexity index is 827. The van der Waals surface area contributed by atoms with Gasteiger partial charge in [-0.25, -0.2) is 15.0 Å². The number of aromatic nitrogens is 4. The van der Waals surface area contributed by atoms with Crippen molar-refractivity contribution in [2.45, 2.75) is 19.4 Å².